The van der Waals surface area contributed by atoms with Crippen molar-refractivity contribution in [3.05, 3.63) is 51.2 Å². The van der Waals surface area contributed by atoms with Crippen molar-refractivity contribution in [2.24, 2.45) is 0 Å². The number of anilines is 1. The van der Waals surface area contributed by atoms with Crippen molar-refractivity contribution < 1.29 is 4.79 Å². The van der Waals surface area contributed by atoms with Gasteiger partial charge in [-0.05, 0) is 57.5 Å². The van der Waals surface area contributed by atoms with Gasteiger partial charge in [0.05, 0.1) is 6.04 Å². The molecule has 0 aliphatic rings. The molecular formula is C17H22N2OS. The molecule has 1 amide bonds. The second-order valence-electron chi connectivity index (χ2n) is 5.20. The second-order valence-corrected chi connectivity index (χ2v) is 6.52. The van der Waals surface area contributed by atoms with Gasteiger partial charge in [0.1, 0.15) is 0 Å². The van der Waals surface area contributed by atoms with E-state index in [9.17, 15) is 4.79 Å². The molecule has 4 heteroatoms. The minimum absolute atomic E-state index is 0.0276. The maximum absolute atomic E-state index is 11.9. The van der Waals surface area contributed by atoms with Crippen molar-refractivity contribution in [1.29, 1.82) is 0 Å². The van der Waals surface area contributed by atoms with Gasteiger partial charge in [0.2, 0.25) is 0 Å². The van der Waals surface area contributed by atoms with Gasteiger partial charge in [-0.15, -0.1) is 11.3 Å². The van der Waals surface area contributed by atoms with Gasteiger partial charge in [-0.2, -0.15) is 0 Å². The van der Waals surface area contributed by atoms with E-state index in [0.29, 0.717) is 12.1 Å². The minimum Gasteiger partial charge on any atom is -0.377 e. The lowest BCUT2D eigenvalue weighted by molar-refractivity contribution is 0.0956. The van der Waals surface area contributed by atoms with Gasteiger partial charge in [-0.3, -0.25) is 4.79 Å². The Kier molecular flexibility index (Phi) is 5.02. The van der Waals surface area contributed by atoms with E-state index in [1.807, 2.05) is 25.1 Å². The van der Waals surface area contributed by atoms with Crippen molar-refractivity contribution in [2.75, 3.05) is 11.9 Å². The lowest BCUT2D eigenvalue weighted by atomic mass is 10.1. The zero-order valence-corrected chi connectivity index (χ0v) is 13.8. The number of carbonyl (C=O) groups is 1. The van der Waals surface area contributed by atoms with E-state index >= 15 is 0 Å². The van der Waals surface area contributed by atoms with E-state index in [4.69, 9.17) is 0 Å². The van der Waals surface area contributed by atoms with Crippen molar-refractivity contribution in [1.82, 2.24) is 5.32 Å². The first-order valence-corrected chi connectivity index (χ1v) is 8.04. The Balaban J connectivity index is 2.19. The molecule has 1 aromatic carbocycles. The molecule has 112 valence electrons. The van der Waals surface area contributed by atoms with Crippen molar-refractivity contribution >= 4 is 22.9 Å². The van der Waals surface area contributed by atoms with Gasteiger partial charge < -0.3 is 10.6 Å². The number of thiophene rings is 1. The third kappa shape index (κ3) is 3.85. The van der Waals surface area contributed by atoms with Gasteiger partial charge in [-0.1, -0.05) is 6.07 Å². The quantitative estimate of drug-likeness (QED) is 0.865. The van der Waals surface area contributed by atoms with Crippen LogP contribution in [0.3, 0.4) is 0 Å². The van der Waals surface area contributed by atoms with E-state index in [2.05, 4.69) is 43.5 Å². The van der Waals surface area contributed by atoms with Crippen LogP contribution in [0, 0.1) is 13.8 Å². The smallest absolute Gasteiger partial charge is 0.251 e. The zero-order chi connectivity index (χ0) is 15.4. The number of aryl methyl sites for hydroxylation is 2. The van der Waals surface area contributed by atoms with Crippen LogP contribution in [0.5, 0.6) is 0 Å². The molecule has 0 aliphatic heterocycles. The summed E-state index contributed by atoms with van der Waals surface area (Å²) in [5, 5.41) is 6.34. The highest BCUT2D eigenvalue weighted by Gasteiger charge is 2.11. The number of hydrogen-bond donors (Lipinski definition) is 2. The Morgan fingerprint density at radius 2 is 2.00 bits per heavy atom. The topological polar surface area (TPSA) is 41.1 Å². The summed E-state index contributed by atoms with van der Waals surface area (Å²) in [7, 11) is 0. The van der Waals surface area contributed by atoms with Gasteiger partial charge >= 0.3 is 0 Å². The molecule has 1 atom stereocenters. The minimum atomic E-state index is -0.0276. The predicted octanol–water partition coefficient (Wildman–Crippen LogP) is 4.29. The van der Waals surface area contributed by atoms with Crippen molar-refractivity contribution in [2.45, 2.75) is 33.7 Å². The first kappa shape index (κ1) is 15.6. The molecule has 1 unspecified atom stereocenters. The average Bonchev–Trinajstić information content (AvgIpc) is 2.88. The number of carbonyl (C=O) groups excluding carboxylic acids is 1. The summed E-state index contributed by atoms with van der Waals surface area (Å²) in [6, 6.07) is 10.3. The third-order valence-corrected chi connectivity index (χ3v) is 4.58. The molecule has 1 aromatic heterocycles. The standard InChI is InChI=1S/C17H22N2OS/c1-5-18-17(20)14-8-6-11(2)15(10-14)19-13(4)16-9-7-12(3)21-16/h6-10,13,19H,5H2,1-4H3,(H,18,20). The van der Waals surface area contributed by atoms with Crippen molar-refractivity contribution in [3.63, 3.8) is 0 Å². The summed E-state index contributed by atoms with van der Waals surface area (Å²) < 4.78 is 0. The molecule has 1 heterocycles. The van der Waals surface area contributed by atoms with Crippen LogP contribution in [-0.4, -0.2) is 12.5 Å². The van der Waals surface area contributed by atoms with Gasteiger partial charge in [0, 0.05) is 27.5 Å². The Hall–Kier alpha value is -1.81. The van der Waals surface area contributed by atoms with E-state index < -0.39 is 0 Å². The van der Waals surface area contributed by atoms with Crippen LogP contribution < -0.4 is 10.6 Å². The average molecular weight is 302 g/mol. The maximum atomic E-state index is 11.9. The van der Waals surface area contributed by atoms with Crippen LogP contribution in [0.1, 0.15) is 45.6 Å². The molecule has 2 aromatic rings. The Morgan fingerprint density at radius 1 is 1.24 bits per heavy atom. The molecule has 0 fully saturated rings. The molecule has 21 heavy (non-hydrogen) atoms. The number of rotatable bonds is 5. The molecule has 3 nitrogen and oxygen atoms in total. The van der Waals surface area contributed by atoms with E-state index in [0.717, 1.165) is 11.3 Å². The fourth-order valence-electron chi connectivity index (χ4n) is 2.17. The highest BCUT2D eigenvalue weighted by atomic mass is 32.1. The van der Waals surface area contributed by atoms with Crippen LogP contribution in [-0.2, 0) is 0 Å². The van der Waals surface area contributed by atoms with Gasteiger partial charge in [0.15, 0.2) is 0 Å². The van der Waals surface area contributed by atoms with Crippen LogP contribution in [0.4, 0.5) is 5.69 Å². The molecular weight excluding hydrogens is 280 g/mol. The summed E-state index contributed by atoms with van der Waals surface area (Å²) in [6.07, 6.45) is 0. The predicted molar refractivity (Wildman–Crippen MR) is 90.3 cm³/mol. The summed E-state index contributed by atoms with van der Waals surface area (Å²) in [4.78, 5) is 14.5. The largest absolute Gasteiger partial charge is 0.377 e. The normalized spacial score (nSPS) is 12.0. The fraction of sp³-hybridized carbons (Fsp3) is 0.353. The Bertz CT molecular complexity index is 633. The summed E-state index contributed by atoms with van der Waals surface area (Å²) in [5.74, 6) is -0.0276. The fourth-order valence-corrected chi connectivity index (χ4v) is 3.05. The molecule has 0 saturated heterocycles. The lowest BCUT2D eigenvalue weighted by Gasteiger charge is -2.17. The molecule has 0 aliphatic carbocycles. The third-order valence-electron chi connectivity index (χ3n) is 3.40. The van der Waals surface area contributed by atoms with Gasteiger partial charge in [-0.25, -0.2) is 0 Å². The summed E-state index contributed by atoms with van der Waals surface area (Å²) >= 11 is 1.80. The molecule has 2 N–H and O–H groups in total. The Morgan fingerprint density at radius 3 is 2.62 bits per heavy atom. The monoisotopic (exact) mass is 302 g/mol. The number of hydrogen-bond acceptors (Lipinski definition) is 3. The van der Waals surface area contributed by atoms with E-state index in [-0.39, 0.29) is 11.9 Å². The molecule has 0 spiro atoms. The first-order valence-electron chi connectivity index (χ1n) is 7.23. The SMILES string of the molecule is CCNC(=O)c1ccc(C)c(NC(C)c2ccc(C)s2)c1. The van der Waals surface area contributed by atoms with Crippen LogP contribution in [0.25, 0.3) is 0 Å². The zero-order valence-electron chi connectivity index (χ0n) is 13.0. The second kappa shape index (κ2) is 6.76. The highest BCUT2D eigenvalue weighted by molar-refractivity contribution is 7.12. The maximum Gasteiger partial charge on any atom is 0.251 e. The number of amides is 1. The molecule has 2 rings (SSSR count). The van der Waals surface area contributed by atoms with Gasteiger partial charge in [0.25, 0.3) is 5.91 Å². The van der Waals surface area contributed by atoms with Crippen molar-refractivity contribution in [3.8, 4) is 0 Å². The van der Waals surface area contributed by atoms with E-state index in [1.54, 1.807) is 11.3 Å². The molecule has 0 bridgehead atoms. The summed E-state index contributed by atoms with van der Waals surface area (Å²) in [6.45, 7) is 8.87. The number of benzene rings is 1. The lowest BCUT2D eigenvalue weighted by Crippen LogP contribution is -2.22. The molecule has 0 saturated carbocycles. The Labute approximate surface area is 130 Å². The molecule has 0 radical (unpaired) electrons. The highest BCUT2D eigenvalue weighted by Crippen LogP contribution is 2.27. The first-order chi connectivity index (χ1) is 10.0. The summed E-state index contributed by atoms with van der Waals surface area (Å²) in [5.41, 5.74) is 2.85. The van der Waals surface area contributed by atoms with Crippen LogP contribution in [0.15, 0.2) is 30.3 Å². The number of nitrogens with one attached hydrogen (secondary N) is 2. The van der Waals surface area contributed by atoms with E-state index in [1.165, 1.54) is 9.75 Å². The van der Waals surface area contributed by atoms with Crippen LogP contribution in [0.2, 0.25) is 0 Å². The van der Waals surface area contributed by atoms with Crippen LogP contribution >= 0.6 is 11.3 Å².